The SMILES string of the molecule is [2H]c1c([2H])c([2H])c2c([2H])c3c(c([2H])c([2H])c4c([2H])c([2H])c([2H])c([2H])c43)c(-c3ccc4oc5c(-c6ccccc6)c6ccccc6cc5c4c3)c2c1[2H]. The van der Waals surface area contributed by atoms with Gasteiger partial charge >= 0.3 is 0 Å². The topological polar surface area (TPSA) is 13.1 Å². The lowest BCUT2D eigenvalue weighted by molar-refractivity contribution is 0.670. The van der Waals surface area contributed by atoms with E-state index in [0.29, 0.717) is 22.1 Å². The van der Waals surface area contributed by atoms with Crippen LogP contribution in [0.25, 0.3) is 87.3 Å². The van der Waals surface area contributed by atoms with E-state index < -0.39 is 66.5 Å². The molecular formula is C40H24O. The minimum absolute atomic E-state index is 0.0207. The molecule has 41 heavy (non-hydrogen) atoms. The van der Waals surface area contributed by atoms with Gasteiger partial charge in [-0.05, 0) is 84.0 Å². The second kappa shape index (κ2) is 8.55. The van der Waals surface area contributed by atoms with Crippen LogP contribution < -0.4 is 0 Å². The molecule has 9 aromatic rings. The molecular weight excluding hydrogens is 496 g/mol. The van der Waals surface area contributed by atoms with E-state index in [1.54, 1.807) is 12.1 Å². The molecule has 1 aromatic heterocycles. The average Bonchev–Trinajstić information content (AvgIpc) is 3.52. The summed E-state index contributed by atoms with van der Waals surface area (Å²) in [6.45, 7) is 0. The molecule has 0 aliphatic rings. The molecule has 0 saturated carbocycles. The maximum atomic E-state index is 9.37. The molecule has 0 unspecified atom stereocenters. The van der Waals surface area contributed by atoms with Gasteiger partial charge in [-0.1, -0.05) is 121 Å². The summed E-state index contributed by atoms with van der Waals surface area (Å²) in [5, 5.41) is 2.75. The van der Waals surface area contributed by atoms with E-state index in [9.17, 15) is 2.74 Å². The van der Waals surface area contributed by atoms with Gasteiger partial charge in [0.05, 0.1) is 15.1 Å². The largest absolute Gasteiger partial charge is 0.455 e. The van der Waals surface area contributed by atoms with Crippen LogP contribution in [-0.2, 0) is 0 Å². The van der Waals surface area contributed by atoms with Gasteiger partial charge in [0.15, 0.2) is 0 Å². The number of hydrogen-bond donors (Lipinski definition) is 0. The molecule has 0 spiro atoms. The Morgan fingerprint density at radius 3 is 2.12 bits per heavy atom. The van der Waals surface area contributed by atoms with Crippen molar-refractivity contribution in [1.29, 1.82) is 0 Å². The van der Waals surface area contributed by atoms with Crippen LogP contribution in [0.4, 0.5) is 0 Å². The van der Waals surface area contributed by atoms with Crippen molar-refractivity contribution in [1.82, 2.24) is 0 Å². The Kier molecular flexibility index (Phi) is 2.98. The van der Waals surface area contributed by atoms with Crippen LogP contribution in [0.2, 0.25) is 0 Å². The lowest BCUT2D eigenvalue weighted by atomic mass is 9.89. The number of fused-ring (bicyclic) bond motifs is 8. The Hall–Kier alpha value is -5.40. The van der Waals surface area contributed by atoms with Gasteiger partial charge in [-0.25, -0.2) is 0 Å². The van der Waals surface area contributed by atoms with Gasteiger partial charge < -0.3 is 4.42 Å². The van der Waals surface area contributed by atoms with Gasteiger partial charge in [0, 0.05) is 16.3 Å². The smallest absolute Gasteiger partial charge is 0.143 e. The van der Waals surface area contributed by atoms with E-state index in [-0.39, 0.29) is 37.9 Å². The molecule has 1 heteroatoms. The quantitative estimate of drug-likeness (QED) is 0.160. The van der Waals surface area contributed by atoms with Crippen LogP contribution in [0.5, 0.6) is 0 Å². The first kappa shape index (κ1) is 14.3. The van der Waals surface area contributed by atoms with E-state index in [1.807, 2.05) is 66.7 Å². The Labute approximate surface area is 252 Å². The van der Waals surface area contributed by atoms with Crippen molar-refractivity contribution in [2.45, 2.75) is 0 Å². The molecule has 0 aliphatic heterocycles. The van der Waals surface area contributed by atoms with Crippen molar-refractivity contribution < 1.29 is 19.5 Å². The van der Waals surface area contributed by atoms with Gasteiger partial charge in [-0.2, -0.15) is 0 Å². The van der Waals surface area contributed by atoms with Crippen molar-refractivity contribution >= 4 is 65.0 Å². The first-order chi connectivity index (χ1) is 24.9. The second-order valence-corrected chi connectivity index (χ2v) is 10.0. The predicted molar refractivity (Wildman–Crippen MR) is 175 cm³/mol. The zero-order valence-corrected chi connectivity index (χ0v) is 21.4. The summed E-state index contributed by atoms with van der Waals surface area (Å²) in [5.41, 5.74) is 3.63. The van der Waals surface area contributed by atoms with Crippen LogP contribution in [0.3, 0.4) is 0 Å². The van der Waals surface area contributed by atoms with Crippen LogP contribution in [-0.4, -0.2) is 0 Å². The molecule has 0 amide bonds. The fraction of sp³-hybridized carbons (Fsp3) is 0. The molecule has 0 saturated heterocycles. The fourth-order valence-electron chi connectivity index (χ4n) is 5.97. The molecule has 0 aliphatic carbocycles. The summed E-state index contributed by atoms with van der Waals surface area (Å²) in [4.78, 5) is 0. The molecule has 8 aromatic carbocycles. The highest BCUT2D eigenvalue weighted by Crippen LogP contribution is 2.44. The van der Waals surface area contributed by atoms with Crippen LogP contribution in [0.1, 0.15) is 15.1 Å². The third kappa shape index (κ3) is 3.30. The number of furan rings is 1. The van der Waals surface area contributed by atoms with Gasteiger partial charge in [-0.15, -0.1) is 0 Å². The molecule has 0 atom stereocenters. The lowest BCUT2D eigenvalue weighted by Crippen LogP contribution is -1.87. The highest BCUT2D eigenvalue weighted by atomic mass is 16.3. The van der Waals surface area contributed by atoms with E-state index in [2.05, 4.69) is 0 Å². The third-order valence-corrected chi connectivity index (χ3v) is 7.77. The summed E-state index contributed by atoms with van der Waals surface area (Å²) in [6.07, 6.45) is 0. The second-order valence-electron chi connectivity index (χ2n) is 10.0. The van der Waals surface area contributed by atoms with Crippen molar-refractivity contribution in [2.75, 3.05) is 0 Å². The van der Waals surface area contributed by atoms with Crippen LogP contribution >= 0.6 is 0 Å². The lowest BCUT2D eigenvalue weighted by Gasteiger charge is -2.14. The summed E-state index contributed by atoms with van der Waals surface area (Å²) in [6, 6.07) is 19.6. The number of rotatable bonds is 2. The molecule has 0 fully saturated rings. The summed E-state index contributed by atoms with van der Waals surface area (Å²) in [7, 11) is 0. The number of benzene rings is 8. The minimum atomic E-state index is -0.584. The van der Waals surface area contributed by atoms with Crippen LogP contribution in [0, 0.1) is 0 Å². The molecule has 0 radical (unpaired) electrons. The Balaban J connectivity index is 1.51. The van der Waals surface area contributed by atoms with E-state index in [0.717, 1.165) is 27.3 Å². The van der Waals surface area contributed by atoms with E-state index >= 15 is 0 Å². The van der Waals surface area contributed by atoms with Gasteiger partial charge in [0.2, 0.25) is 0 Å². The third-order valence-electron chi connectivity index (χ3n) is 7.77. The minimum Gasteiger partial charge on any atom is -0.455 e. The predicted octanol–water partition coefficient (Wildman–Crippen LogP) is 11.5. The monoisotopic (exact) mass is 531 g/mol. The molecule has 190 valence electrons. The fourth-order valence-corrected chi connectivity index (χ4v) is 5.97. The average molecular weight is 532 g/mol. The maximum absolute atomic E-state index is 9.37. The van der Waals surface area contributed by atoms with Gasteiger partial charge in [0.25, 0.3) is 0 Å². The zero-order valence-electron chi connectivity index (χ0n) is 32.4. The summed E-state index contributed by atoms with van der Waals surface area (Å²) >= 11 is 0. The molecule has 1 nitrogen and oxygen atoms in total. The highest BCUT2D eigenvalue weighted by Gasteiger charge is 2.18. The van der Waals surface area contributed by atoms with Gasteiger partial charge in [-0.3, -0.25) is 0 Å². The van der Waals surface area contributed by atoms with E-state index in [1.165, 1.54) is 0 Å². The highest BCUT2D eigenvalue weighted by molar-refractivity contribution is 6.22. The molecule has 9 rings (SSSR count). The zero-order chi connectivity index (χ0) is 36.5. The van der Waals surface area contributed by atoms with Crippen molar-refractivity contribution in [2.24, 2.45) is 0 Å². The normalized spacial score (nSPS) is 15.7. The molecule has 1 heterocycles. The van der Waals surface area contributed by atoms with Crippen LogP contribution in [0.15, 0.2) is 150 Å². The Bertz CT molecular complexity index is 3080. The summed E-state index contributed by atoms with van der Waals surface area (Å²) in [5.74, 6) is 0. The maximum Gasteiger partial charge on any atom is 0.143 e. The molecule has 0 N–H and O–H groups in total. The van der Waals surface area contributed by atoms with Gasteiger partial charge in [0.1, 0.15) is 11.2 Å². The Morgan fingerprint density at radius 1 is 0.439 bits per heavy atom. The first-order valence-corrected chi connectivity index (χ1v) is 13.2. The van der Waals surface area contributed by atoms with Crippen molar-refractivity contribution in [3.8, 4) is 22.3 Å². The van der Waals surface area contributed by atoms with Crippen molar-refractivity contribution in [3.63, 3.8) is 0 Å². The first-order valence-electron chi connectivity index (χ1n) is 18.7. The Morgan fingerprint density at radius 2 is 1.22 bits per heavy atom. The summed E-state index contributed by atoms with van der Waals surface area (Å²) < 4.78 is 104. The standard InChI is InChI=1S/C40H24O/c1-2-11-26(12-3-1)39-32-17-9-6-14-28(32)23-36-35-24-29(19-21-37(35)41-40(36)39)38-31-16-8-5-13-27(31)22-34-30-15-7-4-10-25(30)18-20-33(34)38/h1-24H/i4D,5D,7D,8D,10D,13D,15D,16D,18D,20D,22D. The number of hydrogen-bond acceptors (Lipinski definition) is 1. The van der Waals surface area contributed by atoms with E-state index in [4.69, 9.17) is 16.8 Å². The molecule has 0 bridgehead atoms. The van der Waals surface area contributed by atoms with Crippen molar-refractivity contribution in [3.05, 3.63) is 145 Å².